The third-order valence-corrected chi connectivity index (χ3v) is 4.80. The quantitative estimate of drug-likeness (QED) is 0.841. The van der Waals surface area contributed by atoms with Crippen molar-refractivity contribution >= 4 is 28.2 Å². The monoisotopic (exact) mass is 310 g/mol. The average Bonchev–Trinajstić information content (AvgIpc) is 3.20. The second kappa shape index (κ2) is 6.64. The van der Waals surface area contributed by atoms with Crippen molar-refractivity contribution in [1.82, 2.24) is 9.88 Å². The summed E-state index contributed by atoms with van der Waals surface area (Å²) in [5.74, 6) is 0.895. The van der Waals surface area contributed by atoms with Gasteiger partial charge in [0.2, 0.25) is 0 Å². The number of carbonyl (C=O) groups excluding carboxylic acids is 1. The highest BCUT2D eigenvalue weighted by atomic mass is 32.1. The number of nitrogen functional groups attached to an aromatic ring is 1. The van der Waals surface area contributed by atoms with Crippen molar-refractivity contribution in [2.24, 2.45) is 5.92 Å². The Morgan fingerprint density at radius 2 is 2.00 bits per heavy atom. The molecule has 1 heterocycles. The molecule has 0 unspecified atom stereocenters. The topological polar surface area (TPSA) is 62.5 Å². The Morgan fingerprint density at radius 1 is 1.38 bits per heavy atom. The predicted molar refractivity (Wildman–Crippen MR) is 89.0 cm³/mol. The van der Waals surface area contributed by atoms with Gasteiger partial charge in [-0.2, -0.15) is 0 Å². The fourth-order valence-corrected chi connectivity index (χ4v) is 3.48. The summed E-state index contributed by atoms with van der Waals surface area (Å²) in [5.41, 5.74) is 6.00. The molecule has 1 fully saturated rings. The van der Waals surface area contributed by atoms with Gasteiger partial charge in [0.05, 0.1) is 0 Å². The molecule has 6 heteroatoms. The lowest BCUT2D eigenvalue weighted by molar-refractivity contribution is 0.0728. The van der Waals surface area contributed by atoms with Gasteiger partial charge in [0.25, 0.3) is 5.91 Å². The van der Waals surface area contributed by atoms with Gasteiger partial charge < -0.3 is 15.5 Å². The first-order valence-corrected chi connectivity index (χ1v) is 8.61. The highest BCUT2D eigenvalue weighted by Gasteiger charge is 2.35. The standard InChI is InChI=1S/C15H26N4OS/c1-5-18(6-2)15-17-13(16)12(21-15)14(20)19(9-10(3)4)11-7-8-11/h10-11H,5-9,16H2,1-4H3. The van der Waals surface area contributed by atoms with Crippen LogP contribution in [0.5, 0.6) is 0 Å². The molecule has 1 amide bonds. The molecule has 1 aliphatic rings. The molecule has 0 radical (unpaired) electrons. The van der Waals surface area contributed by atoms with E-state index >= 15 is 0 Å². The molecule has 1 aromatic rings. The zero-order valence-electron chi connectivity index (χ0n) is 13.4. The number of thiazole rings is 1. The highest BCUT2D eigenvalue weighted by Crippen LogP contribution is 2.34. The number of nitrogens with two attached hydrogens (primary N) is 1. The van der Waals surface area contributed by atoms with Crippen molar-refractivity contribution in [2.45, 2.75) is 46.6 Å². The van der Waals surface area contributed by atoms with E-state index in [2.05, 4.69) is 37.6 Å². The molecular weight excluding hydrogens is 284 g/mol. The van der Waals surface area contributed by atoms with E-state index in [1.165, 1.54) is 11.3 Å². The fourth-order valence-electron chi connectivity index (χ4n) is 2.41. The van der Waals surface area contributed by atoms with Crippen molar-refractivity contribution in [3.8, 4) is 0 Å². The van der Waals surface area contributed by atoms with Gasteiger partial charge in [-0.1, -0.05) is 25.2 Å². The Bertz CT molecular complexity index is 492. The Balaban J connectivity index is 2.21. The fraction of sp³-hybridized carbons (Fsp3) is 0.733. The van der Waals surface area contributed by atoms with Crippen molar-refractivity contribution < 1.29 is 4.79 Å². The number of rotatable bonds is 7. The molecule has 0 aliphatic heterocycles. The van der Waals surface area contributed by atoms with E-state index in [1.807, 2.05) is 4.90 Å². The number of anilines is 2. The summed E-state index contributed by atoms with van der Waals surface area (Å²) < 4.78 is 0. The molecular formula is C15H26N4OS. The van der Waals surface area contributed by atoms with Gasteiger partial charge in [-0.3, -0.25) is 4.79 Å². The van der Waals surface area contributed by atoms with Gasteiger partial charge in [0.15, 0.2) is 5.13 Å². The molecule has 0 spiro atoms. The summed E-state index contributed by atoms with van der Waals surface area (Å²) >= 11 is 1.42. The van der Waals surface area contributed by atoms with Crippen LogP contribution in [0.25, 0.3) is 0 Å². The van der Waals surface area contributed by atoms with Crippen molar-refractivity contribution in [2.75, 3.05) is 30.3 Å². The summed E-state index contributed by atoms with van der Waals surface area (Å²) in [6.07, 6.45) is 2.22. The molecule has 0 atom stereocenters. The minimum absolute atomic E-state index is 0.0552. The lowest BCUT2D eigenvalue weighted by Crippen LogP contribution is -2.36. The van der Waals surface area contributed by atoms with Gasteiger partial charge >= 0.3 is 0 Å². The minimum Gasteiger partial charge on any atom is -0.382 e. The summed E-state index contributed by atoms with van der Waals surface area (Å²) in [7, 11) is 0. The molecule has 118 valence electrons. The van der Waals surface area contributed by atoms with E-state index < -0.39 is 0 Å². The summed E-state index contributed by atoms with van der Waals surface area (Å²) in [6, 6.07) is 0.401. The van der Waals surface area contributed by atoms with Crippen molar-refractivity contribution in [3.63, 3.8) is 0 Å². The summed E-state index contributed by atoms with van der Waals surface area (Å²) in [4.78, 5) is 21.9. The van der Waals surface area contributed by atoms with Crippen LogP contribution in [-0.2, 0) is 0 Å². The Morgan fingerprint density at radius 3 is 2.48 bits per heavy atom. The first-order valence-electron chi connectivity index (χ1n) is 7.80. The maximum Gasteiger partial charge on any atom is 0.268 e. The SMILES string of the molecule is CCN(CC)c1nc(N)c(C(=O)N(CC(C)C)C2CC2)s1. The number of nitrogens with zero attached hydrogens (tertiary/aromatic N) is 3. The van der Waals surface area contributed by atoms with Crippen LogP contribution < -0.4 is 10.6 Å². The second-order valence-electron chi connectivity index (χ2n) is 5.97. The molecule has 21 heavy (non-hydrogen) atoms. The van der Waals surface area contributed by atoms with E-state index in [1.54, 1.807) is 0 Å². The van der Waals surface area contributed by atoms with Gasteiger partial charge in [0, 0.05) is 25.7 Å². The van der Waals surface area contributed by atoms with Crippen LogP contribution in [0.2, 0.25) is 0 Å². The third kappa shape index (κ3) is 3.67. The van der Waals surface area contributed by atoms with E-state index in [0.29, 0.717) is 22.7 Å². The molecule has 2 rings (SSSR count). The van der Waals surface area contributed by atoms with E-state index in [0.717, 1.165) is 37.6 Å². The van der Waals surface area contributed by atoms with Crippen LogP contribution in [0.4, 0.5) is 10.9 Å². The molecule has 1 aromatic heterocycles. The van der Waals surface area contributed by atoms with Crippen molar-refractivity contribution in [3.05, 3.63) is 4.88 Å². The van der Waals surface area contributed by atoms with Gasteiger partial charge in [-0.15, -0.1) is 0 Å². The van der Waals surface area contributed by atoms with Crippen LogP contribution in [0.15, 0.2) is 0 Å². The Kier molecular flexibility index (Phi) is 5.08. The maximum atomic E-state index is 12.8. The molecule has 2 N–H and O–H groups in total. The first kappa shape index (κ1) is 16.1. The normalized spacial score (nSPS) is 14.5. The van der Waals surface area contributed by atoms with E-state index in [-0.39, 0.29) is 5.91 Å². The number of aromatic nitrogens is 1. The number of amides is 1. The van der Waals surface area contributed by atoms with Gasteiger partial charge in [-0.25, -0.2) is 4.98 Å². The Hall–Kier alpha value is -1.30. The van der Waals surface area contributed by atoms with Gasteiger partial charge in [0.1, 0.15) is 10.7 Å². The van der Waals surface area contributed by atoms with Crippen LogP contribution in [-0.4, -0.2) is 41.5 Å². The number of hydrogen-bond acceptors (Lipinski definition) is 5. The lowest BCUT2D eigenvalue weighted by atomic mass is 10.2. The van der Waals surface area contributed by atoms with E-state index in [9.17, 15) is 4.79 Å². The molecule has 0 aromatic carbocycles. The molecule has 0 bridgehead atoms. The molecule has 5 nitrogen and oxygen atoms in total. The number of hydrogen-bond donors (Lipinski definition) is 1. The molecule has 1 saturated carbocycles. The highest BCUT2D eigenvalue weighted by molar-refractivity contribution is 7.18. The average molecular weight is 310 g/mol. The minimum atomic E-state index is 0.0552. The van der Waals surface area contributed by atoms with Gasteiger partial charge in [-0.05, 0) is 32.6 Å². The van der Waals surface area contributed by atoms with Crippen LogP contribution >= 0.6 is 11.3 Å². The third-order valence-electron chi connectivity index (χ3n) is 3.68. The smallest absolute Gasteiger partial charge is 0.268 e. The predicted octanol–water partition coefficient (Wildman–Crippen LogP) is 2.83. The first-order chi connectivity index (χ1) is 9.97. The largest absolute Gasteiger partial charge is 0.382 e. The van der Waals surface area contributed by atoms with Crippen LogP contribution in [0, 0.1) is 5.92 Å². The molecule has 1 aliphatic carbocycles. The van der Waals surface area contributed by atoms with E-state index in [4.69, 9.17) is 5.73 Å². The maximum absolute atomic E-state index is 12.8. The van der Waals surface area contributed by atoms with Crippen molar-refractivity contribution in [1.29, 1.82) is 0 Å². The summed E-state index contributed by atoms with van der Waals surface area (Å²) in [5, 5.41) is 0.848. The van der Waals surface area contributed by atoms with Crippen LogP contribution in [0.1, 0.15) is 50.2 Å². The Labute approximate surface area is 131 Å². The second-order valence-corrected chi connectivity index (χ2v) is 6.94. The summed E-state index contributed by atoms with van der Waals surface area (Å²) in [6.45, 7) is 11.0. The number of carbonyl (C=O) groups is 1. The zero-order chi connectivity index (χ0) is 15.6. The molecule has 0 saturated heterocycles. The van der Waals surface area contributed by atoms with Crippen LogP contribution in [0.3, 0.4) is 0 Å². The lowest BCUT2D eigenvalue weighted by Gasteiger charge is -2.23. The zero-order valence-corrected chi connectivity index (χ0v) is 14.2.